The Bertz CT molecular complexity index is 1920. The summed E-state index contributed by atoms with van der Waals surface area (Å²) in [6.45, 7) is 1.77. The van der Waals surface area contributed by atoms with E-state index in [1.807, 2.05) is 18.2 Å². The van der Waals surface area contributed by atoms with Gasteiger partial charge in [-0.15, -0.1) is 0 Å². The van der Waals surface area contributed by atoms with Crippen LogP contribution < -0.4 is 9.46 Å². The molecular weight excluding hydrogens is 646 g/mol. The van der Waals surface area contributed by atoms with E-state index >= 15 is 4.79 Å². The maximum Gasteiger partial charge on any atom is 0.303 e. The Morgan fingerprint density at radius 3 is 2.43 bits per heavy atom. The predicted molar refractivity (Wildman–Crippen MR) is 183 cm³/mol. The Morgan fingerprint density at radius 2 is 1.73 bits per heavy atom. The number of rotatable bonds is 6. The summed E-state index contributed by atoms with van der Waals surface area (Å²) in [5.74, 6) is 0.155. The maximum atomic E-state index is 15.2. The van der Waals surface area contributed by atoms with Crippen LogP contribution in [0.5, 0.6) is 5.75 Å². The standard InChI is InChI=1S/C36H45N5O7S/c1-38(2)49(44,45)37-34(42)23-10-14-28-30(16-23)40-20-36(35(43)41-24-11-12-25(41)19-39(3)18-24)33(47-21-48-36)29-17-26(46-4)13-15-27(29)32(40)31(28)22-8-6-5-7-9-22/h10,13-17,22,24-25,33H,5-9,11-12,18-21H2,1-4H3,(H,37,42)/t24?,25?,33-,36+/m0/s1. The molecule has 8 rings (SSSR count). The highest BCUT2D eigenvalue weighted by Gasteiger charge is 2.60. The molecule has 3 saturated heterocycles. The van der Waals surface area contributed by atoms with Gasteiger partial charge in [-0.05, 0) is 80.1 Å². The molecule has 4 atom stereocenters. The topological polar surface area (TPSA) is 123 Å². The summed E-state index contributed by atoms with van der Waals surface area (Å²) in [5.41, 5.74) is 3.59. The van der Waals surface area contributed by atoms with Crippen LogP contribution in [0, 0.1) is 0 Å². The van der Waals surface area contributed by atoms with Crippen LogP contribution in [0.3, 0.4) is 0 Å². The molecule has 2 bridgehead atoms. The summed E-state index contributed by atoms with van der Waals surface area (Å²) < 4.78 is 49.3. The van der Waals surface area contributed by atoms with Crippen molar-refractivity contribution in [2.24, 2.45) is 0 Å². The fourth-order valence-corrected chi connectivity index (χ4v) is 9.71. The van der Waals surface area contributed by atoms with Crippen LogP contribution in [-0.4, -0.2) is 105 Å². The minimum Gasteiger partial charge on any atom is -0.497 e. The van der Waals surface area contributed by atoms with Gasteiger partial charge in [-0.25, -0.2) is 4.72 Å². The Kier molecular flexibility index (Phi) is 8.06. The molecule has 0 radical (unpaired) electrons. The van der Waals surface area contributed by atoms with E-state index < -0.39 is 27.8 Å². The molecule has 12 nitrogen and oxygen atoms in total. The highest BCUT2D eigenvalue weighted by atomic mass is 32.2. The zero-order valence-corrected chi connectivity index (χ0v) is 29.4. The number of benzene rings is 2. The number of likely N-dealkylation sites (N-methyl/N-ethyl adjacent to an activating group) is 1. The van der Waals surface area contributed by atoms with Crippen molar-refractivity contribution in [1.29, 1.82) is 0 Å². The van der Waals surface area contributed by atoms with Crippen molar-refractivity contribution in [1.82, 2.24) is 23.4 Å². The van der Waals surface area contributed by atoms with Crippen molar-refractivity contribution >= 4 is 32.9 Å². The summed E-state index contributed by atoms with van der Waals surface area (Å²) in [6, 6.07) is 11.6. The summed E-state index contributed by atoms with van der Waals surface area (Å²) in [7, 11) is 2.48. The van der Waals surface area contributed by atoms with Gasteiger partial charge in [0.1, 0.15) is 18.6 Å². The van der Waals surface area contributed by atoms with Crippen molar-refractivity contribution in [2.75, 3.05) is 48.1 Å². The van der Waals surface area contributed by atoms with Gasteiger partial charge in [0.05, 0.1) is 19.3 Å². The highest BCUT2D eigenvalue weighted by molar-refractivity contribution is 7.87. The van der Waals surface area contributed by atoms with Crippen molar-refractivity contribution in [3.8, 4) is 17.0 Å². The summed E-state index contributed by atoms with van der Waals surface area (Å²) in [5, 5.41) is 0.996. The number of hydrogen-bond donors (Lipinski definition) is 1. The smallest absolute Gasteiger partial charge is 0.303 e. The first kappa shape index (κ1) is 32.7. The lowest BCUT2D eigenvalue weighted by Gasteiger charge is -2.44. The van der Waals surface area contributed by atoms with Gasteiger partial charge in [-0.1, -0.05) is 25.3 Å². The molecule has 1 saturated carbocycles. The Hall–Kier alpha value is -3.49. The molecule has 1 aromatic heterocycles. The normalized spacial score (nSPS) is 27.1. The third-order valence-corrected chi connectivity index (χ3v) is 12.9. The molecule has 0 spiro atoms. The fraction of sp³-hybridized carbons (Fsp3) is 0.556. The molecule has 262 valence electrons. The Morgan fingerprint density at radius 1 is 1.00 bits per heavy atom. The van der Waals surface area contributed by atoms with E-state index in [-0.39, 0.29) is 42.8 Å². The predicted octanol–water partition coefficient (Wildman–Crippen LogP) is 4.00. The third-order valence-electron chi connectivity index (χ3n) is 11.5. The number of hydrogen-bond acceptors (Lipinski definition) is 8. The van der Waals surface area contributed by atoms with Gasteiger partial charge in [0, 0.05) is 61.3 Å². The first-order valence-corrected chi connectivity index (χ1v) is 18.8. The van der Waals surface area contributed by atoms with Crippen molar-refractivity contribution in [2.45, 2.75) is 81.2 Å². The van der Waals surface area contributed by atoms with Crippen LogP contribution in [0.4, 0.5) is 0 Å². The fourth-order valence-electron chi connectivity index (χ4n) is 9.17. The van der Waals surface area contributed by atoms with E-state index in [1.165, 1.54) is 26.1 Å². The van der Waals surface area contributed by atoms with E-state index in [2.05, 4.69) is 32.2 Å². The van der Waals surface area contributed by atoms with E-state index in [0.717, 1.165) is 83.6 Å². The summed E-state index contributed by atoms with van der Waals surface area (Å²) in [6.07, 6.45) is 6.72. The minimum atomic E-state index is -4.01. The molecule has 3 aromatic rings. The van der Waals surface area contributed by atoms with E-state index in [4.69, 9.17) is 14.2 Å². The van der Waals surface area contributed by atoms with Gasteiger partial charge in [-0.3, -0.25) is 9.59 Å². The zero-order chi connectivity index (χ0) is 34.2. The molecular formula is C36H45N5O7S. The molecule has 5 heterocycles. The number of piperazine rings is 1. The van der Waals surface area contributed by atoms with Gasteiger partial charge in [0.15, 0.2) is 5.60 Å². The lowest BCUT2D eigenvalue weighted by Crippen LogP contribution is -2.62. The maximum absolute atomic E-state index is 15.2. The van der Waals surface area contributed by atoms with Gasteiger partial charge in [0.2, 0.25) is 0 Å². The molecule has 4 fully saturated rings. The van der Waals surface area contributed by atoms with Crippen LogP contribution in [0.1, 0.15) is 78.5 Å². The Labute approximate surface area is 287 Å². The quantitative estimate of drug-likeness (QED) is 0.412. The number of amides is 2. The van der Waals surface area contributed by atoms with Crippen LogP contribution in [0.15, 0.2) is 36.4 Å². The highest BCUT2D eigenvalue weighted by Crippen LogP contribution is 2.54. The lowest BCUT2D eigenvalue weighted by molar-refractivity contribution is -0.161. The Balaban J connectivity index is 1.36. The number of nitrogens with zero attached hydrogens (tertiary/aromatic N) is 4. The van der Waals surface area contributed by atoms with Crippen LogP contribution in [0.25, 0.3) is 22.2 Å². The average molecular weight is 692 g/mol. The SMILES string of the molecule is COc1ccc2c(c1)[C@@H]1OCO[C@]1(C(=O)N1C3CCC1CN(C)C3)Cn1c-2c(C2CCCCC2)c2ccc(C(=O)NS(=O)(=O)N(C)C)cc21. The van der Waals surface area contributed by atoms with Gasteiger partial charge < -0.3 is 28.6 Å². The number of likely N-dealkylation sites (tertiary alicyclic amines) is 1. The summed E-state index contributed by atoms with van der Waals surface area (Å²) >= 11 is 0. The molecule has 4 aliphatic heterocycles. The molecule has 13 heteroatoms. The number of carbonyl (C=O) groups excluding carboxylic acids is 2. The number of methoxy groups -OCH3 is 1. The second kappa shape index (κ2) is 12.1. The molecule has 1 N–H and O–H groups in total. The third kappa shape index (κ3) is 5.19. The average Bonchev–Trinajstić information content (AvgIpc) is 3.72. The van der Waals surface area contributed by atoms with E-state index in [0.29, 0.717) is 5.75 Å². The first-order valence-electron chi connectivity index (χ1n) is 17.4. The van der Waals surface area contributed by atoms with Gasteiger partial charge in [-0.2, -0.15) is 12.7 Å². The minimum absolute atomic E-state index is 0.0315. The number of carbonyl (C=O) groups is 2. The monoisotopic (exact) mass is 691 g/mol. The van der Waals surface area contributed by atoms with Crippen LogP contribution >= 0.6 is 0 Å². The van der Waals surface area contributed by atoms with Crippen LogP contribution in [-0.2, 0) is 31.0 Å². The van der Waals surface area contributed by atoms with Crippen LogP contribution in [0.2, 0.25) is 0 Å². The number of aromatic nitrogens is 1. The molecule has 5 aliphatic rings. The molecule has 49 heavy (non-hydrogen) atoms. The lowest BCUT2D eigenvalue weighted by atomic mass is 9.80. The second-order valence-electron chi connectivity index (χ2n) is 14.6. The second-order valence-corrected chi connectivity index (χ2v) is 16.5. The van der Waals surface area contributed by atoms with Gasteiger partial charge in [0.25, 0.3) is 11.8 Å². The van der Waals surface area contributed by atoms with Crippen molar-refractivity contribution in [3.05, 3.63) is 53.1 Å². The number of nitrogens with one attached hydrogen (secondary N) is 1. The first-order chi connectivity index (χ1) is 23.5. The van der Waals surface area contributed by atoms with Crippen molar-refractivity contribution < 1.29 is 32.2 Å². The molecule has 1 aliphatic carbocycles. The summed E-state index contributed by atoms with van der Waals surface area (Å²) in [4.78, 5) is 33.0. The molecule has 2 unspecified atom stereocenters. The van der Waals surface area contributed by atoms with E-state index in [1.54, 1.807) is 19.2 Å². The number of fused-ring (bicyclic) bond motifs is 9. The largest absolute Gasteiger partial charge is 0.497 e. The zero-order valence-electron chi connectivity index (χ0n) is 28.6. The van der Waals surface area contributed by atoms with Crippen molar-refractivity contribution in [3.63, 3.8) is 0 Å². The number of ether oxygens (including phenoxy) is 3. The van der Waals surface area contributed by atoms with E-state index in [9.17, 15) is 13.2 Å². The molecule has 2 aromatic carbocycles. The molecule has 2 amide bonds. The van der Waals surface area contributed by atoms with Gasteiger partial charge >= 0.3 is 10.2 Å².